The fourth-order valence-electron chi connectivity index (χ4n) is 4.12. The van der Waals surface area contributed by atoms with E-state index in [0.717, 1.165) is 33.2 Å². The molecule has 0 atom stereocenters. The zero-order chi connectivity index (χ0) is 24.5. The molecule has 2 heterocycles. The number of Topliss-reactive ketones (excluding diaryl/α,β-unsaturated/α-hetero) is 1. The zero-order valence-corrected chi connectivity index (χ0v) is 20.1. The first-order valence-electron chi connectivity index (χ1n) is 10.6. The molecule has 1 aromatic heterocycles. The molecule has 5 nitrogen and oxygen atoms in total. The summed E-state index contributed by atoms with van der Waals surface area (Å²) >= 11 is 1.45. The molecular weight excluding hydrogens is 478 g/mol. The lowest BCUT2D eigenvalue weighted by Crippen LogP contribution is -2.29. The summed E-state index contributed by atoms with van der Waals surface area (Å²) in [4.78, 5) is 16.8. The summed E-state index contributed by atoms with van der Waals surface area (Å²) in [6, 6.07) is 12.4. The van der Waals surface area contributed by atoms with Gasteiger partial charge in [-0.3, -0.25) is 9.69 Å². The van der Waals surface area contributed by atoms with Crippen LogP contribution in [0.2, 0.25) is 0 Å². The average Bonchev–Trinajstić information content (AvgIpc) is 3.12. The van der Waals surface area contributed by atoms with Crippen molar-refractivity contribution in [2.75, 3.05) is 12.8 Å². The Kier molecular flexibility index (Phi) is 6.94. The number of benzene rings is 2. The highest BCUT2D eigenvalue weighted by molar-refractivity contribution is 7.90. The van der Waals surface area contributed by atoms with Crippen LogP contribution in [-0.4, -0.2) is 31.9 Å². The van der Waals surface area contributed by atoms with Crippen LogP contribution >= 0.6 is 11.3 Å². The predicted octanol–water partition coefficient (Wildman–Crippen LogP) is 4.21. The predicted molar refractivity (Wildman–Crippen MR) is 125 cm³/mol. The maximum absolute atomic E-state index is 13.5. The molecule has 0 amide bonds. The van der Waals surface area contributed by atoms with Crippen LogP contribution < -0.4 is 0 Å². The number of nitrogens with zero attached hydrogens (tertiary/aromatic N) is 2. The van der Waals surface area contributed by atoms with Crippen LogP contribution in [0.15, 0.2) is 47.4 Å². The Hall–Kier alpha value is -2.93. The van der Waals surface area contributed by atoms with Gasteiger partial charge in [0.2, 0.25) is 0 Å². The maximum atomic E-state index is 13.5. The highest BCUT2D eigenvalue weighted by Gasteiger charge is 2.25. The van der Waals surface area contributed by atoms with Crippen LogP contribution in [0.5, 0.6) is 0 Å². The second-order valence-electron chi connectivity index (χ2n) is 8.43. The lowest BCUT2D eigenvalue weighted by molar-refractivity contribution is -0.117. The molecule has 1 aliphatic rings. The van der Waals surface area contributed by atoms with Crippen molar-refractivity contribution in [3.63, 3.8) is 0 Å². The topological polar surface area (TPSA) is 78.2 Å². The molecule has 0 bridgehead atoms. The number of thiophene rings is 1. The summed E-state index contributed by atoms with van der Waals surface area (Å²) in [5.41, 5.74) is 2.93. The lowest BCUT2D eigenvalue weighted by Gasteiger charge is -2.26. The van der Waals surface area contributed by atoms with Gasteiger partial charge in [-0.05, 0) is 47.4 Å². The van der Waals surface area contributed by atoms with E-state index >= 15 is 0 Å². The van der Waals surface area contributed by atoms with E-state index in [2.05, 4.69) is 11.0 Å². The number of ketones is 1. The van der Waals surface area contributed by atoms with Gasteiger partial charge in [0.1, 0.15) is 11.9 Å². The van der Waals surface area contributed by atoms with Crippen molar-refractivity contribution in [3.05, 3.63) is 86.1 Å². The van der Waals surface area contributed by atoms with Crippen molar-refractivity contribution in [1.82, 2.24) is 4.90 Å². The van der Waals surface area contributed by atoms with Gasteiger partial charge in [0, 0.05) is 48.5 Å². The van der Waals surface area contributed by atoms with Crippen molar-refractivity contribution in [1.29, 1.82) is 5.26 Å². The molecule has 0 aliphatic carbocycles. The van der Waals surface area contributed by atoms with Crippen LogP contribution in [-0.2, 0) is 47.0 Å². The van der Waals surface area contributed by atoms with Crippen molar-refractivity contribution >= 4 is 27.0 Å². The highest BCUT2D eigenvalue weighted by atomic mass is 32.2. The summed E-state index contributed by atoms with van der Waals surface area (Å²) in [5, 5.41) is 9.73. The number of fused-ring (bicyclic) bond motifs is 1. The van der Waals surface area contributed by atoms with Crippen molar-refractivity contribution in [2.45, 2.75) is 37.2 Å². The normalized spacial score (nSPS) is 13.9. The largest absolute Gasteiger partial charge is 0.299 e. The third-order valence-electron chi connectivity index (χ3n) is 5.82. The third-order valence-corrected chi connectivity index (χ3v) is 8.17. The quantitative estimate of drug-likeness (QED) is 0.486. The van der Waals surface area contributed by atoms with Gasteiger partial charge in [0.25, 0.3) is 0 Å². The van der Waals surface area contributed by atoms with Crippen LogP contribution in [0.25, 0.3) is 0 Å². The van der Waals surface area contributed by atoms with E-state index < -0.39 is 21.5 Å². The maximum Gasteiger partial charge on any atom is 0.175 e. The van der Waals surface area contributed by atoms with Gasteiger partial charge in [-0.2, -0.15) is 5.26 Å². The SMILES string of the molecule is CS(=O)(=O)c1ccc(CC(=O)Cc2sc3c(c2C#N)CCN(Cc2ccc(F)c(F)c2)C3)cc1. The average molecular weight is 501 g/mol. The summed E-state index contributed by atoms with van der Waals surface area (Å²) < 4.78 is 49.9. The monoisotopic (exact) mass is 500 g/mol. The van der Waals surface area contributed by atoms with Gasteiger partial charge in [0.15, 0.2) is 21.5 Å². The molecule has 3 aromatic rings. The molecular formula is C25H22F2N2O3S2. The number of rotatable bonds is 7. The van der Waals surface area contributed by atoms with Gasteiger partial charge < -0.3 is 0 Å². The fraction of sp³-hybridized carbons (Fsp3) is 0.280. The van der Waals surface area contributed by atoms with Crippen molar-refractivity contribution < 1.29 is 22.0 Å². The van der Waals surface area contributed by atoms with E-state index in [9.17, 15) is 27.3 Å². The Bertz CT molecular complexity index is 1390. The number of nitriles is 1. The molecule has 0 N–H and O–H groups in total. The first-order valence-corrected chi connectivity index (χ1v) is 13.4. The van der Waals surface area contributed by atoms with Crippen molar-refractivity contribution in [3.8, 4) is 6.07 Å². The number of sulfone groups is 1. The minimum Gasteiger partial charge on any atom is -0.299 e. The molecule has 176 valence electrons. The van der Waals surface area contributed by atoms with E-state index in [1.807, 2.05) is 0 Å². The van der Waals surface area contributed by atoms with Gasteiger partial charge in [-0.1, -0.05) is 18.2 Å². The molecule has 4 rings (SSSR count). The van der Waals surface area contributed by atoms with E-state index in [0.29, 0.717) is 37.2 Å². The number of halogens is 2. The number of hydrogen-bond donors (Lipinski definition) is 0. The lowest BCUT2D eigenvalue weighted by atomic mass is 9.99. The molecule has 0 fully saturated rings. The summed E-state index contributed by atoms with van der Waals surface area (Å²) in [6.45, 7) is 1.72. The van der Waals surface area contributed by atoms with Crippen molar-refractivity contribution in [2.24, 2.45) is 0 Å². The molecule has 0 radical (unpaired) electrons. The molecule has 1 aliphatic heterocycles. The minimum absolute atomic E-state index is 0.0548. The van der Waals surface area contributed by atoms with Crippen LogP contribution in [0.3, 0.4) is 0 Å². The molecule has 2 aromatic carbocycles. The zero-order valence-electron chi connectivity index (χ0n) is 18.5. The van der Waals surface area contributed by atoms with E-state index in [-0.39, 0.29) is 23.5 Å². The smallest absolute Gasteiger partial charge is 0.175 e. The third kappa shape index (κ3) is 5.41. The Morgan fingerprint density at radius 2 is 1.79 bits per heavy atom. The van der Waals surface area contributed by atoms with Gasteiger partial charge in [0.05, 0.1) is 10.5 Å². The van der Waals surface area contributed by atoms with Gasteiger partial charge in [-0.25, -0.2) is 17.2 Å². The second kappa shape index (κ2) is 9.74. The summed E-state index contributed by atoms with van der Waals surface area (Å²) in [7, 11) is -3.29. The molecule has 0 saturated carbocycles. The van der Waals surface area contributed by atoms with Crippen LogP contribution in [0.1, 0.15) is 32.0 Å². The van der Waals surface area contributed by atoms with Crippen LogP contribution in [0, 0.1) is 23.0 Å². The Morgan fingerprint density at radius 1 is 1.09 bits per heavy atom. The standard InChI is InChI=1S/C25H22F2N2O3S2/c1-34(31,32)19-5-2-16(3-6-19)10-18(30)12-24-21(13-28)20-8-9-29(15-25(20)33-24)14-17-4-7-22(26)23(27)11-17/h2-7,11H,8-10,12,14-15H2,1H3. The second-order valence-corrected chi connectivity index (χ2v) is 11.6. The van der Waals surface area contributed by atoms with E-state index in [4.69, 9.17) is 0 Å². The molecule has 9 heteroatoms. The first-order chi connectivity index (χ1) is 16.1. The fourth-order valence-corrected chi connectivity index (χ4v) is 6.13. The first kappa shape index (κ1) is 24.2. The molecule has 0 spiro atoms. The minimum atomic E-state index is -3.29. The number of carbonyl (C=O) groups is 1. The molecule has 0 saturated heterocycles. The number of hydrogen-bond acceptors (Lipinski definition) is 6. The molecule has 0 unspecified atom stereocenters. The van der Waals surface area contributed by atoms with E-state index in [1.54, 1.807) is 18.2 Å². The van der Waals surface area contributed by atoms with E-state index in [1.165, 1.54) is 29.5 Å². The number of carbonyl (C=O) groups excluding carboxylic acids is 1. The van der Waals surface area contributed by atoms with Crippen LogP contribution in [0.4, 0.5) is 8.78 Å². The Morgan fingerprint density at radius 3 is 2.44 bits per heavy atom. The Labute approximate surface area is 201 Å². The highest BCUT2D eigenvalue weighted by Crippen LogP contribution is 2.34. The summed E-state index contributed by atoms with van der Waals surface area (Å²) in [6.07, 6.45) is 2.07. The summed E-state index contributed by atoms with van der Waals surface area (Å²) in [5.74, 6) is -1.80. The Balaban J connectivity index is 1.44. The van der Waals surface area contributed by atoms with Gasteiger partial charge >= 0.3 is 0 Å². The van der Waals surface area contributed by atoms with Gasteiger partial charge in [-0.15, -0.1) is 11.3 Å². The molecule has 34 heavy (non-hydrogen) atoms.